The Hall–Kier alpha value is -0.680. The van der Waals surface area contributed by atoms with Gasteiger partial charge in [-0.05, 0) is 58.9 Å². The van der Waals surface area contributed by atoms with E-state index in [4.69, 9.17) is 12.2 Å². The van der Waals surface area contributed by atoms with Gasteiger partial charge in [-0.15, -0.1) is 0 Å². The molecule has 0 aromatic carbocycles. The van der Waals surface area contributed by atoms with Crippen molar-refractivity contribution < 1.29 is 0 Å². The summed E-state index contributed by atoms with van der Waals surface area (Å²) in [5.41, 5.74) is 1.99. The minimum absolute atomic E-state index is 0.746. The van der Waals surface area contributed by atoms with Crippen LogP contribution in [0.3, 0.4) is 0 Å². The monoisotopic (exact) mass is 325 g/mol. The lowest BCUT2D eigenvalue weighted by Gasteiger charge is -2.10. The van der Waals surface area contributed by atoms with Gasteiger partial charge in [-0.1, -0.05) is 13.3 Å². The molecule has 3 nitrogen and oxygen atoms in total. The number of rotatable bonds is 2. The third kappa shape index (κ3) is 2.26. The number of pyridine rings is 1. The van der Waals surface area contributed by atoms with Gasteiger partial charge in [-0.25, -0.2) is 4.98 Å². The molecule has 18 heavy (non-hydrogen) atoms. The van der Waals surface area contributed by atoms with Crippen LogP contribution in [0.5, 0.6) is 0 Å². The Bertz CT molecular complexity index is 631. The lowest BCUT2D eigenvalue weighted by atomic mass is 10.1. The van der Waals surface area contributed by atoms with Gasteiger partial charge in [-0.3, -0.25) is 0 Å². The minimum atomic E-state index is 0.746. The summed E-state index contributed by atoms with van der Waals surface area (Å²) in [7, 11) is 0. The summed E-state index contributed by atoms with van der Waals surface area (Å²) in [5, 5.41) is 0. The Morgan fingerprint density at radius 1 is 1.56 bits per heavy atom. The van der Waals surface area contributed by atoms with Crippen molar-refractivity contribution in [1.29, 1.82) is 0 Å². The summed E-state index contributed by atoms with van der Waals surface area (Å²) in [6.07, 6.45) is 5.80. The molecule has 0 spiro atoms. The number of H-pyrrole nitrogens is 1. The Kier molecular flexibility index (Phi) is 3.28. The average molecular weight is 326 g/mol. The van der Waals surface area contributed by atoms with Gasteiger partial charge >= 0.3 is 0 Å². The van der Waals surface area contributed by atoms with Gasteiger partial charge in [0.05, 0.1) is 5.52 Å². The fourth-order valence-electron chi connectivity index (χ4n) is 2.94. The van der Waals surface area contributed by atoms with Crippen molar-refractivity contribution in [2.75, 3.05) is 0 Å². The van der Waals surface area contributed by atoms with E-state index in [1.807, 2.05) is 12.3 Å². The molecule has 2 atom stereocenters. The van der Waals surface area contributed by atoms with E-state index in [-0.39, 0.29) is 0 Å². The maximum atomic E-state index is 5.41. The van der Waals surface area contributed by atoms with Crippen molar-refractivity contribution in [3.63, 3.8) is 0 Å². The first kappa shape index (κ1) is 12.4. The van der Waals surface area contributed by atoms with Crippen LogP contribution in [0.25, 0.3) is 11.2 Å². The van der Waals surface area contributed by atoms with Crippen LogP contribution in [0.2, 0.25) is 0 Å². The molecule has 5 heteroatoms. The fourth-order valence-corrected chi connectivity index (χ4v) is 3.54. The summed E-state index contributed by atoms with van der Waals surface area (Å²) >= 11 is 8.85. The highest BCUT2D eigenvalue weighted by Crippen LogP contribution is 2.32. The van der Waals surface area contributed by atoms with Crippen LogP contribution in [0, 0.1) is 16.6 Å². The molecule has 0 bridgehead atoms. The zero-order chi connectivity index (χ0) is 12.7. The Morgan fingerprint density at radius 2 is 2.39 bits per heavy atom. The van der Waals surface area contributed by atoms with Gasteiger partial charge in [0, 0.05) is 17.2 Å². The van der Waals surface area contributed by atoms with E-state index >= 15 is 0 Å². The predicted molar refractivity (Wildman–Crippen MR) is 79.1 cm³/mol. The largest absolute Gasteiger partial charge is 0.329 e. The van der Waals surface area contributed by atoms with Crippen molar-refractivity contribution in [3.8, 4) is 0 Å². The smallest absolute Gasteiger partial charge is 0.179 e. The molecule has 1 saturated carbocycles. The van der Waals surface area contributed by atoms with E-state index in [9.17, 15) is 0 Å². The summed E-state index contributed by atoms with van der Waals surface area (Å²) < 4.78 is 3.92. The predicted octanol–water partition coefficient (Wildman–Crippen LogP) is 4.29. The number of halogens is 1. The standard InChI is InChI=1S/C13H16BrN3S/c1-8-2-3-9(4-8)7-17-12-11(16-13(17)18)5-10(14)6-15-12/h5-6,8-9H,2-4,7H2,1H3,(H,16,18). The Morgan fingerprint density at radius 3 is 3.11 bits per heavy atom. The first-order valence-electron chi connectivity index (χ1n) is 6.37. The summed E-state index contributed by atoms with van der Waals surface area (Å²) in [4.78, 5) is 7.72. The summed E-state index contributed by atoms with van der Waals surface area (Å²) in [6, 6.07) is 2.03. The molecule has 2 heterocycles. The summed E-state index contributed by atoms with van der Waals surface area (Å²) in [6.45, 7) is 3.33. The second kappa shape index (κ2) is 4.78. The molecule has 1 aliphatic rings. The average Bonchev–Trinajstić information content (AvgIpc) is 2.84. The number of hydrogen-bond donors (Lipinski definition) is 1. The van der Waals surface area contributed by atoms with E-state index in [0.29, 0.717) is 0 Å². The Balaban J connectivity index is 1.96. The molecule has 1 fully saturated rings. The maximum absolute atomic E-state index is 5.41. The number of aromatic amines is 1. The molecule has 1 N–H and O–H groups in total. The van der Waals surface area contributed by atoms with Gasteiger partial charge in [0.2, 0.25) is 0 Å². The van der Waals surface area contributed by atoms with Crippen molar-refractivity contribution in [2.24, 2.45) is 11.8 Å². The molecule has 0 radical (unpaired) electrons. The number of nitrogens with one attached hydrogen (secondary N) is 1. The molecular formula is C13H16BrN3S. The second-order valence-corrected chi connectivity index (χ2v) is 6.65. The highest BCUT2D eigenvalue weighted by molar-refractivity contribution is 9.10. The maximum Gasteiger partial charge on any atom is 0.179 e. The van der Waals surface area contributed by atoms with Crippen molar-refractivity contribution in [2.45, 2.75) is 32.7 Å². The van der Waals surface area contributed by atoms with Gasteiger partial charge in [0.1, 0.15) is 0 Å². The molecule has 2 unspecified atom stereocenters. The van der Waals surface area contributed by atoms with E-state index in [1.165, 1.54) is 19.3 Å². The molecule has 0 saturated heterocycles. The number of nitrogens with zero attached hydrogens (tertiary/aromatic N) is 2. The fraction of sp³-hybridized carbons (Fsp3) is 0.538. The van der Waals surface area contributed by atoms with Gasteiger partial charge in [-0.2, -0.15) is 0 Å². The summed E-state index contributed by atoms with van der Waals surface area (Å²) in [5.74, 6) is 1.60. The zero-order valence-corrected chi connectivity index (χ0v) is 12.7. The van der Waals surface area contributed by atoms with Crippen molar-refractivity contribution in [1.82, 2.24) is 14.5 Å². The highest BCUT2D eigenvalue weighted by atomic mass is 79.9. The first-order chi connectivity index (χ1) is 8.63. The normalized spacial score (nSPS) is 23.9. The third-order valence-corrected chi connectivity index (χ3v) is 4.58. The molecule has 96 valence electrons. The highest BCUT2D eigenvalue weighted by Gasteiger charge is 2.22. The first-order valence-corrected chi connectivity index (χ1v) is 7.57. The van der Waals surface area contributed by atoms with Gasteiger partial charge in [0.15, 0.2) is 10.4 Å². The van der Waals surface area contributed by atoms with Crippen LogP contribution in [-0.2, 0) is 6.54 Å². The number of aromatic nitrogens is 3. The van der Waals surface area contributed by atoms with E-state index in [1.54, 1.807) is 0 Å². The van der Waals surface area contributed by atoms with Crippen LogP contribution in [-0.4, -0.2) is 14.5 Å². The van der Waals surface area contributed by atoms with E-state index < -0.39 is 0 Å². The number of fused-ring (bicyclic) bond motifs is 1. The molecule has 2 aromatic rings. The minimum Gasteiger partial charge on any atom is -0.329 e. The topological polar surface area (TPSA) is 33.6 Å². The third-order valence-electron chi connectivity index (χ3n) is 3.82. The van der Waals surface area contributed by atoms with E-state index in [0.717, 1.165) is 38.8 Å². The van der Waals surface area contributed by atoms with Gasteiger partial charge in [0.25, 0.3) is 0 Å². The molecular weight excluding hydrogens is 310 g/mol. The van der Waals surface area contributed by atoms with Crippen LogP contribution in [0.4, 0.5) is 0 Å². The lowest BCUT2D eigenvalue weighted by Crippen LogP contribution is -2.08. The molecule has 2 aromatic heterocycles. The van der Waals surface area contributed by atoms with Crippen LogP contribution < -0.4 is 0 Å². The second-order valence-electron chi connectivity index (χ2n) is 5.35. The SMILES string of the molecule is CC1CCC(Cn2c(=S)[nH]c3cc(Br)cnc32)C1. The molecule has 0 amide bonds. The zero-order valence-electron chi connectivity index (χ0n) is 10.3. The van der Waals surface area contributed by atoms with Crippen LogP contribution in [0.1, 0.15) is 26.2 Å². The molecule has 1 aliphatic carbocycles. The quantitative estimate of drug-likeness (QED) is 0.835. The molecule has 3 rings (SSSR count). The van der Waals surface area contributed by atoms with Crippen molar-refractivity contribution in [3.05, 3.63) is 21.5 Å². The van der Waals surface area contributed by atoms with Crippen molar-refractivity contribution >= 4 is 39.3 Å². The number of imidazole rings is 1. The lowest BCUT2D eigenvalue weighted by molar-refractivity contribution is 0.443. The van der Waals surface area contributed by atoms with Gasteiger partial charge < -0.3 is 9.55 Å². The Labute approximate surface area is 120 Å². The van der Waals surface area contributed by atoms with E-state index in [2.05, 4.69) is 37.4 Å². The molecule has 0 aliphatic heterocycles. The van der Waals surface area contributed by atoms with Crippen LogP contribution >= 0.6 is 28.1 Å². The van der Waals surface area contributed by atoms with Crippen LogP contribution in [0.15, 0.2) is 16.7 Å². The number of hydrogen-bond acceptors (Lipinski definition) is 2.